The number of hydrogen-bond acceptors (Lipinski definition) is 3. The molecule has 0 amide bonds. The highest BCUT2D eigenvalue weighted by Gasteiger charge is 2.03. The van der Waals surface area contributed by atoms with Crippen molar-refractivity contribution in [2.75, 3.05) is 25.6 Å². The summed E-state index contributed by atoms with van der Waals surface area (Å²) in [6.07, 6.45) is 2.27. The molecule has 0 heterocycles. The Bertz CT molecular complexity index is 311. The van der Waals surface area contributed by atoms with Gasteiger partial charge in [-0.25, -0.2) is 0 Å². The summed E-state index contributed by atoms with van der Waals surface area (Å²) in [6, 6.07) is 5.75. The van der Waals surface area contributed by atoms with E-state index in [0.29, 0.717) is 19.8 Å². The molecule has 4 heteroatoms. The Morgan fingerprint density at radius 2 is 1.94 bits per heavy atom. The number of nitrogens with two attached hydrogens (primary N) is 1. The lowest BCUT2D eigenvalue weighted by Gasteiger charge is -2.09. The van der Waals surface area contributed by atoms with E-state index >= 15 is 0 Å². The third-order valence-electron chi connectivity index (χ3n) is 2.42. The molecule has 0 spiro atoms. The number of anilines is 1. The molecule has 0 fully saturated rings. The molecule has 0 aliphatic carbocycles. The average Bonchev–Trinajstić information content (AvgIpc) is 2.31. The maximum absolute atomic E-state index is 5.86. The fraction of sp³-hybridized carbons (Fsp3) is 0.538. The van der Waals surface area contributed by atoms with Crippen LogP contribution in [0.3, 0.4) is 0 Å². The first-order valence-electron chi connectivity index (χ1n) is 5.94. The molecule has 0 atom stereocenters. The van der Waals surface area contributed by atoms with E-state index in [-0.39, 0.29) is 0 Å². The van der Waals surface area contributed by atoms with E-state index in [1.165, 1.54) is 0 Å². The lowest BCUT2D eigenvalue weighted by Crippen LogP contribution is -2.06. The number of nitrogen functional groups attached to an aromatic ring is 1. The Morgan fingerprint density at radius 1 is 1.18 bits per heavy atom. The van der Waals surface area contributed by atoms with E-state index in [9.17, 15) is 0 Å². The second-order valence-corrected chi connectivity index (χ2v) is 4.68. The van der Waals surface area contributed by atoms with Crippen LogP contribution in [-0.4, -0.2) is 19.8 Å². The van der Waals surface area contributed by atoms with Crippen LogP contribution >= 0.6 is 15.9 Å². The molecule has 1 aromatic carbocycles. The van der Waals surface area contributed by atoms with E-state index in [1.807, 2.05) is 18.2 Å². The normalized spacial score (nSPS) is 10.7. The molecular formula is C13H20BrNO2. The first kappa shape index (κ1) is 14.5. The first-order chi connectivity index (χ1) is 8.25. The van der Waals surface area contributed by atoms with E-state index < -0.39 is 0 Å². The summed E-state index contributed by atoms with van der Waals surface area (Å²) >= 11 is 3.46. The van der Waals surface area contributed by atoms with Gasteiger partial charge in [-0.15, -0.1) is 0 Å². The largest absolute Gasteiger partial charge is 0.398 e. The van der Waals surface area contributed by atoms with Gasteiger partial charge in [0.2, 0.25) is 0 Å². The van der Waals surface area contributed by atoms with Gasteiger partial charge in [0, 0.05) is 22.3 Å². The number of ether oxygens (including phenoxy) is 2. The molecule has 0 saturated heterocycles. The Morgan fingerprint density at radius 3 is 2.65 bits per heavy atom. The smallest absolute Gasteiger partial charge is 0.0749 e. The molecule has 0 unspecified atom stereocenters. The predicted octanol–water partition coefficient (Wildman–Crippen LogP) is 3.36. The zero-order valence-electron chi connectivity index (χ0n) is 10.2. The average molecular weight is 302 g/mol. The van der Waals surface area contributed by atoms with E-state index in [0.717, 1.165) is 35.2 Å². The minimum absolute atomic E-state index is 0.518. The molecule has 0 aliphatic rings. The van der Waals surface area contributed by atoms with Gasteiger partial charge in [-0.05, 0) is 18.6 Å². The summed E-state index contributed by atoms with van der Waals surface area (Å²) < 4.78 is 11.9. The van der Waals surface area contributed by atoms with Gasteiger partial charge in [-0.3, -0.25) is 0 Å². The van der Waals surface area contributed by atoms with Crippen LogP contribution in [0.1, 0.15) is 25.3 Å². The van der Waals surface area contributed by atoms with Crippen LogP contribution in [-0.2, 0) is 16.1 Å². The monoisotopic (exact) mass is 301 g/mol. The van der Waals surface area contributed by atoms with Gasteiger partial charge in [0.1, 0.15) is 0 Å². The second-order valence-electron chi connectivity index (χ2n) is 3.83. The molecule has 0 saturated carbocycles. The van der Waals surface area contributed by atoms with Crippen LogP contribution in [0.4, 0.5) is 5.69 Å². The van der Waals surface area contributed by atoms with Crippen molar-refractivity contribution in [1.82, 2.24) is 0 Å². The fourth-order valence-electron chi connectivity index (χ4n) is 1.37. The summed E-state index contributed by atoms with van der Waals surface area (Å²) in [5, 5.41) is 0. The van der Waals surface area contributed by atoms with E-state index in [1.54, 1.807) is 0 Å². The van der Waals surface area contributed by atoms with Crippen LogP contribution in [0.5, 0.6) is 0 Å². The third kappa shape index (κ3) is 5.52. The number of rotatable bonds is 8. The van der Waals surface area contributed by atoms with Gasteiger partial charge >= 0.3 is 0 Å². The molecule has 17 heavy (non-hydrogen) atoms. The maximum atomic E-state index is 5.86. The van der Waals surface area contributed by atoms with Gasteiger partial charge in [-0.1, -0.05) is 35.3 Å². The number of halogens is 1. The number of benzene rings is 1. The van der Waals surface area contributed by atoms with Gasteiger partial charge in [0.15, 0.2) is 0 Å². The van der Waals surface area contributed by atoms with E-state index in [2.05, 4.69) is 22.9 Å². The highest BCUT2D eigenvalue weighted by atomic mass is 79.9. The molecule has 0 aliphatic heterocycles. The maximum Gasteiger partial charge on any atom is 0.0749 e. The zero-order chi connectivity index (χ0) is 12.5. The predicted molar refractivity (Wildman–Crippen MR) is 73.9 cm³/mol. The summed E-state index contributed by atoms with van der Waals surface area (Å²) in [5.41, 5.74) is 7.62. The van der Waals surface area contributed by atoms with Crippen molar-refractivity contribution < 1.29 is 9.47 Å². The van der Waals surface area contributed by atoms with Crippen LogP contribution in [0.2, 0.25) is 0 Å². The van der Waals surface area contributed by atoms with Crippen LogP contribution in [0.25, 0.3) is 0 Å². The van der Waals surface area contributed by atoms with Gasteiger partial charge in [0.25, 0.3) is 0 Å². The first-order valence-corrected chi connectivity index (χ1v) is 6.73. The van der Waals surface area contributed by atoms with Crippen molar-refractivity contribution in [2.24, 2.45) is 0 Å². The lowest BCUT2D eigenvalue weighted by atomic mass is 10.2. The van der Waals surface area contributed by atoms with Crippen molar-refractivity contribution in [1.29, 1.82) is 0 Å². The summed E-state index contributed by atoms with van der Waals surface area (Å²) in [4.78, 5) is 0. The molecule has 3 nitrogen and oxygen atoms in total. The van der Waals surface area contributed by atoms with Crippen molar-refractivity contribution in [3.63, 3.8) is 0 Å². The summed E-state index contributed by atoms with van der Waals surface area (Å²) in [7, 11) is 0. The molecule has 1 aromatic rings. The molecular weight excluding hydrogens is 282 g/mol. The zero-order valence-corrected chi connectivity index (χ0v) is 11.8. The molecule has 1 rings (SSSR count). The van der Waals surface area contributed by atoms with Crippen molar-refractivity contribution in [3.8, 4) is 0 Å². The minimum atomic E-state index is 0.518. The minimum Gasteiger partial charge on any atom is -0.398 e. The second kappa shape index (κ2) is 8.50. The molecule has 0 bridgehead atoms. The molecule has 0 aromatic heterocycles. The Kier molecular flexibility index (Phi) is 7.24. The standard InChI is InChI=1S/C13H20BrNO2/c1-2-3-7-16-8-9-17-10-11-12(14)5-4-6-13(11)15/h4-6H,2-3,7-10,15H2,1H3. The van der Waals surface area contributed by atoms with Crippen molar-refractivity contribution in [3.05, 3.63) is 28.2 Å². The van der Waals surface area contributed by atoms with Gasteiger partial charge < -0.3 is 15.2 Å². The molecule has 0 radical (unpaired) electrons. The highest BCUT2D eigenvalue weighted by molar-refractivity contribution is 9.10. The van der Waals surface area contributed by atoms with Gasteiger partial charge in [-0.2, -0.15) is 0 Å². The fourth-order valence-corrected chi connectivity index (χ4v) is 1.86. The Balaban J connectivity index is 2.18. The Labute approximate surface area is 111 Å². The highest BCUT2D eigenvalue weighted by Crippen LogP contribution is 2.22. The molecule has 96 valence electrons. The van der Waals surface area contributed by atoms with Crippen LogP contribution in [0, 0.1) is 0 Å². The van der Waals surface area contributed by atoms with Crippen LogP contribution in [0.15, 0.2) is 22.7 Å². The number of hydrogen-bond donors (Lipinski definition) is 1. The van der Waals surface area contributed by atoms with Gasteiger partial charge in [0.05, 0.1) is 19.8 Å². The van der Waals surface area contributed by atoms with Crippen LogP contribution < -0.4 is 5.73 Å². The Hall–Kier alpha value is -0.580. The van der Waals surface area contributed by atoms with E-state index in [4.69, 9.17) is 15.2 Å². The van der Waals surface area contributed by atoms with Crippen molar-refractivity contribution >= 4 is 21.6 Å². The number of unbranched alkanes of at least 4 members (excludes halogenated alkanes) is 1. The third-order valence-corrected chi connectivity index (χ3v) is 3.16. The topological polar surface area (TPSA) is 44.5 Å². The van der Waals surface area contributed by atoms with Crippen molar-refractivity contribution in [2.45, 2.75) is 26.4 Å². The summed E-state index contributed by atoms with van der Waals surface area (Å²) in [5.74, 6) is 0. The molecule has 2 N–H and O–H groups in total. The lowest BCUT2D eigenvalue weighted by molar-refractivity contribution is 0.0397. The SMILES string of the molecule is CCCCOCCOCc1c(N)cccc1Br. The quantitative estimate of drug-likeness (QED) is 0.591. The summed E-state index contributed by atoms with van der Waals surface area (Å²) in [6.45, 7) is 4.73.